The Hall–Kier alpha value is -2.54. The number of amides is 1. The van der Waals surface area contributed by atoms with E-state index in [-0.39, 0.29) is 24.3 Å². The summed E-state index contributed by atoms with van der Waals surface area (Å²) in [5.74, 6) is 0.275. The Morgan fingerprint density at radius 2 is 2.03 bits per heavy atom. The molecule has 1 fully saturated rings. The second-order valence-electron chi connectivity index (χ2n) is 8.40. The summed E-state index contributed by atoms with van der Waals surface area (Å²) < 4.78 is 5.41. The van der Waals surface area contributed by atoms with E-state index in [0.29, 0.717) is 23.8 Å². The van der Waals surface area contributed by atoms with Crippen LogP contribution in [0.4, 0.5) is 0 Å². The Kier molecular flexibility index (Phi) is 6.23. The van der Waals surface area contributed by atoms with Crippen LogP contribution in [-0.2, 0) is 14.3 Å². The highest BCUT2D eigenvalue weighted by Gasteiger charge is 2.41. The van der Waals surface area contributed by atoms with Gasteiger partial charge in [-0.3, -0.25) is 4.79 Å². The first-order chi connectivity index (χ1) is 14.9. The van der Waals surface area contributed by atoms with E-state index in [2.05, 4.69) is 37.4 Å². The highest BCUT2D eigenvalue weighted by molar-refractivity contribution is 8.16. The number of hydrogen-bond donors (Lipinski definition) is 1. The molecule has 1 saturated carbocycles. The summed E-state index contributed by atoms with van der Waals surface area (Å²) in [6.45, 7) is 8.81. The van der Waals surface area contributed by atoms with Crippen LogP contribution in [0.25, 0.3) is 0 Å². The third-order valence-corrected chi connectivity index (χ3v) is 6.73. The molecule has 0 saturated heterocycles. The molecule has 7 heteroatoms. The zero-order valence-corrected chi connectivity index (χ0v) is 19.3. The van der Waals surface area contributed by atoms with Crippen molar-refractivity contribution in [3.05, 3.63) is 57.3 Å². The minimum atomic E-state index is -0.371. The molecule has 31 heavy (non-hydrogen) atoms. The smallest absolute Gasteiger partial charge is 0.338 e. The molecular formula is C24H29N3O3S. The normalized spacial score (nSPS) is 20.3. The van der Waals surface area contributed by atoms with Crippen molar-refractivity contribution >= 4 is 28.8 Å². The maximum atomic E-state index is 13.0. The maximum Gasteiger partial charge on any atom is 0.338 e. The number of amidine groups is 1. The fraction of sp³-hybridized carbons (Fsp3) is 0.458. The second kappa shape index (κ2) is 8.91. The lowest BCUT2D eigenvalue weighted by Gasteiger charge is -2.37. The van der Waals surface area contributed by atoms with E-state index in [1.807, 2.05) is 17.2 Å². The molecule has 0 bridgehead atoms. The zero-order valence-electron chi connectivity index (χ0n) is 18.5. The molecule has 4 rings (SSSR count). The summed E-state index contributed by atoms with van der Waals surface area (Å²) in [4.78, 5) is 32.3. The van der Waals surface area contributed by atoms with Crippen LogP contribution in [0.2, 0.25) is 0 Å². The summed E-state index contributed by atoms with van der Waals surface area (Å²) in [5.41, 5.74) is 5.33. The average molecular weight is 440 g/mol. The van der Waals surface area contributed by atoms with Crippen molar-refractivity contribution in [2.75, 3.05) is 13.2 Å². The number of carbonyl (C=O) groups excluding carboxylic acids is 2. The average Bonchev–Trinajstić information content (AvgIpc) is 3.47. The number of carbonyl (C=O) groups is 2. The fourth-order valence-corrected chi connectivity index (χ4v) is 5.04. The highest BCUT2D eigenvalue weighted by atomic mass is 32.2. The summed E-state index contributed by atoms with van der Waals surface area (Å²) in [5, 5.41) is 5.82. The van der Waals surface area contributed by atoms with Crippen LogP contribution in [0, 0.1) is 19.8 Å². The number of allylic oxidation sites excluding steroid dienone is 1. The van der Waals surface area contributed by atoms with Gasteiger partial charge in [-0.1, -0.05) is 35.5 Å². The van der Waals surface area contributed by atoms with Gasteiger partial charge in [-0.05, 0) is 63.0 Å². The molecule has 164 valence electrons. The summed E-state index contributed by atoms with van der Waals surface area (Å²) in [6, 6.07) is 5.87. The van der Waals surface area contributed by atoms with Gasteiger partial charge in [0.2, 0.25) is 5.91 Å². The van der Waals surface area contributed by atoms with Gasteiger partial charge >= 0.3 is 5.97 Å². The predicted octanol–water partition coefficient (Wildman–Crippen LogP) is 4.36. The fourth-order valence-electron chi connectivity index (χ4n) is 4.07. The molecule has 1 aromatic rings. The molecule has 2 heterocycles. The Balaban J connectivity index is 1.69. The van der Waals surface area contributed by atoms with E-state index in [1.54, 1.807) is 6.92 Å². The lowest BCUT2D eigenvalue weighted by molar-refractivity contribution is -0.139. The zero-order chi connectivity index (χ0) is 22.1. The van der Waals surface area contributed by atoms with Crippen LogP contribution >= 0.6 is 11.8 Å². The molecule has 1 aliphatic carbocycles. The van der Waals surface area contributed by atoms with Crippen LogP contribution in [0.1, 0.15) is 55.8 Å². The highest BCUT2D eigenvalue weighted by Crippen LogP contribution is 2.45. The standard InChI is InChI=1S/C24H29N3O3S/c1-5-30-23(29)21-16(4)26-24-27(22(21)19-9-6-14(2)10-15(19)3)18(13-31-24)11-20(28)25-12-17-7-8-17/h6,9-10,13,17,22H,5,7-8,11-12H2,1-4H3,(H,25,28). The Morgan fingerprint density at radius 3 is 2.71 bits per heavy atom. The summed E-state index contributed by atoms with van der Waals surface area (Å²) >= 11 is 1.50. The Morgan fingerprint density at radius 1 is 1.26 bits per heavy atom. The van der Waals surface area contributed by atoms with E-state index >= 15 is 0 Å². The van der Waals surface area contributed by atoms with E-state index in [1.165, 1.54) is 24.6 Å². The van der Waals surface area contributed by atoms with Crippen molar-refractivity contribution in [3.8, 4) is 0 Å². The molecule has 1 amide bonds. The number of hydrogen-bond acceptors (Lipinski definition) is 6. The van der Waals surface area contributed by atoms with Crippen LogP contribution in [-0.4, -0.2) is 35.1 Å². The largest absolute Gasteiger partial charge is 0.463 e. The molecule has 1 atom stereocenters. The van der Waals surface area contributed by atoms with Crippen molar-refractivity contribution in [1.82, 2.24) is 10.2 Å². The monoisotopic (exact) mass is 439 g/mol. The van der Waals surface area contributed by atoms with Gasteiger partial charge in [-0.25, -0.2) is 9.79 Å². The molecule has 0 aromatic heterocycles. The summed E-state index contributed by atoms with van der Waals surface area (Å²) in [7, 11) is 0. The van der Waals surface area contributed by atoms with Gasteiger partial charge in [-0.15, -0.1) is 0 Å². The summed E-state index contributed by atoms with van der Waals surface area (Å²) in [6.07, 6.45) is 2.66. The number of benzene rings is 1. The number of rotatable bonds is 7. The van der Waals surface area contributed by atoms with Gasteiger partial charge < -0.3 is 15.0 Å². The third kappa shape index (κ3) is 4.56. The number of nitrogens with zero attached hydrogens (tertiary/aromatic N) is 2. The topological polar surface area (TPSA) is 71.0 Å². The molecule has 6 nitrogen and oxygen atoms in total. The Labute approximate surface area is 187 Å². The molecule has 3 aliphatic rings. The van der Waals surface area contributed by atoms with Crippen molar-refractivity contribution < 1.29 is 14.3 Å². The number of esters is 1. The first-order valence-corrected chi connectivity index (χ1v) is 11.7. The van der Waals surface area contributed by atoms with Crippen molar-refractivity contribution in [2.45, 2.75) is 53.0 Å². The third-order valence-electron chi connectivity index (χ3n) is 5.84. The van der Waals surface area contributed by atoms with Gasteiger partial charge in [0.05, 0.1) is 30.3 Å². The molecule has 0 spiro atoms. The molecule has 1 N–H and O–H groups in total. The predicted molar refractivity (Wildman–Crippen MR) is 123 cm³/mol. The van der Waals surface area contributed by atoms with Crippen LogP contribution in [0.3, 0.4) is 0 Å². The molecule has 1 unspecified atom stereocenters. The molecule has 1 aromatic carbocycles. The van der Waals surface area contributed by atoms with E-state index in [9.17, 15) is 9.59 Å². The first-order valence-electron chi connectivity index (χ1n) is 10.8. The number of fused-ring (bicyclic) bond motifs is 1. The van der Waals surface area contributed by atoms with Crippen molar-refractivity contribution in [3.63, 3.8) is 0 Å². The van der Waals surface area contributed by atoms with E-state index in [0.717, 1.165) is 34.1 Å². The van der Waals surface area contributed by atoms with Crippen LogP contribution < -0.4 is 5.32 Å². The van der Waals surface area contributed by atoms with Gasteiger partial charge in [0.1, 0.15) is 0 Å². The molecular weight excluding hydrogens is 410 g/mol. The molecule has 2 aliphatic heterocycles. The van der Waals surface area contributed by atoms with E-state index in [4.69, 9.17) is 9.73 Å². The van der Waals surface area contributed by atoms with Gasteiger partial charge in [0.25, 0.3) is 0 Å². The quantitative estimate of drug-likeness (QED) is 0.639. The minimum Gasteiger partial charge on any atom is -0.463 e. The number of aliphatic imine (C=N–C) groups is 1. The van der Waals surface area contributed by atoms with Crippen LogP contribution in [0.5, 0.6) is 0 Å². The van der Waals surface area contributed by atoms with Crippen molar-refractivity contribution in [1.29, 1.82) is 0 Å². The number of thioether (sulfide) groups is 1. The van der Waals surface area contributed by atoms with Crippen molar-refractivity contribution in [2.24, 2.45) is 10.9 Å². The number of aryl methyl sites for hydroxylation is 2. The van der Waals surface area contributed by atoms with Gasteiger partial charge in [0, 0.05) is 12.2 Å². The minimum absolute atomic E-state index is 0.00309. The van der Waals surface area contributed by atoms with Crippen LogP contribution in [0.15, 0.2) is 45.6 Å². The lowest BCUT2D eigenvalue weighted by atomic mass is 9.90. The second-order valence-corrected chi connectivity index (χ2v) is 9.23. The number of nitrogens with one attached hydrogen (secondary N) is 1. The lowest BCUT2D eigenvalue weighted by Crippen LogP contribution is -2.38. The SMILES string of the molecule is CCOC(=O)C1=C(C)N=C2SC=C(CC(=O)NCC3CC3)N2C1c1ccc(C)cc1C. The maximum absolute atomic E-state index is 13.0. The van der Waals surface area contributed by atoms with E-state index < -0.39 is 0 Å². The number of ether oxygens (including phenoxy) is 1. The molecule has 0 radical (unpaired) electrons. The van der Waals surface area contributed by atoms with Gasteiger partial charge in [0.15, 0.2) is 5.17 Å². The Bertz CT molecular complexity index is 1010. The first kappa shape index (κ1) is 21.7. The van der Waals surface area contributed by atoms with Gasteiger partial charge in [-0.2, -0.15) is 0 Å².